The van der Waals surface area contributed by atoms with Crippen molar-refractivity contribution in [2.24, 2.45) is 0 Å². The SMILES string of the molecule is CNc1ccc(Cl)cc1C(=O)Nc1ccccc1I. The molecule has 5 heteroatoms. The van der Waals surface area contributed by atoms with Gasteiger partial charge in [-0.15, -0.1) is 0 Å². The Morgan fingerprint density at radius 3 is 2.58 bits per heavy atom. The lowest BCUT2D eigenvalue weighted by Gasteiger charge is -2.11. The highest BCUT2D eigenvalue weighted by molar-refractivity contribution is 14.1. The van der Waals surface area contributed by atoms with E-state index in [2.05, 4.69) is 33.2 Å². The third kappa shape index (κ3) is 3.39. The van der Waals surface area contributed by atoms with Crippen LogP contribution in [0, 0.1) is 3.57 Å². The molecule has 0 spiro atoms. The molecule has 3 nitrogen and oxygen atoms in total. The standard InChI is InChI=1S/C14H12ClIN2O/c1-17-12-7-6-9(15)8-10(12)14(19)18-13-5-3-2-4-11(13)16/h2-8,17H,1H3,(H,18,19). The van der Waals surface area contributed by atoms with Gasteiger partial charge in [-0.1, -0.05) is 23.7 Å². The van der Waals surface area contributed by atoms with Crippen LogP contribution < -0.4 is 10.6 Å². The van der Waals surface area contributed by atoms with Gasteiger partial charge in [-0.05, 0) is 52.9 Å². The zero-order valence-electron chi connectivity index (χ0n) is 10.2. The van der Waals surface area contributed by atoms with E-state index in [0.717, 1.165) is 14.9 Å². The van der Waals surface area contributed by atoms with Crippen molar-refractivity contribution >= 4 is 51.5 Å². The first kappa shape index (κ1) is 14.1. The average molecular weight is 387 g/mol. The van der Waals surface area contributed by atoms with Crippen molar-refractivity contribution < 1.29 is 4.79 Å². The van der Waals surface area contributed by atoms with Crippen LogP contribution in [0.1, 0.15) is 10.4 Å². The Balaban J connectivity index is 2.30. The molecule has 0 bridgehead atoms. The van der Waals surface area contributed by atoms with Crippen LogP contribution >= 0.6 is 34.2 Å². The number of carbonyl (C=O) groups excluding carboxylic acids is 1. The number of hydrogen-bond donors (Lipinski definition) is 2. The number of benzene rings is 2. The molecule has 2 rings (SSSR count). The van der Waals surface area contributed by atoms with E-state index in [0.29, 0.717) is 10.6 Å². The van der Waals surface area contributed by atoms with Crippen LogP contribution in [-0.2, 0) is 0 Å². The lowest BCUT2D eigenvalue weighted by Crippen LogP contribution is -2.14. The van der Waals surface area contributed by atoms with Crippen molar-refractivity contribution in [1.82, 2.24) is 0 Å². The minimum absolute atomic E-state index is 0.184. The van der Waals surface area contributed by atoms with Gasteiger partial charge in [-0.25, -0.2) is 0 Å². The summed E-state index contributed by atoms with van der Waals surface area (Å²) in [7, 11) is 1.77. The lowest BCUT2D eigenvalue weighted by atomic mass is 10.1. The van der Waals surface area contributed by atoms with Crippen molar-refractivity contribution in [1.29, 1.82) is 0 Å². The maximum absolute atomic E-state index is 12.3. The fourth-order valence-corrected chi connectivity index (χ4v) is 2.37. The number of para-hydroxylation sites is 1. The Hall–Kier alpha value is -1.27. The Kier molecular flexibility index (Phi) is 4.66. The molecule has 0 fully saturated rings. The van der Waals surface area contributed by atoms with Crippen molar-refractivity contribution in [2.45, 2.75) is 0 Å². The zero-order valence-corrected chi connectivity index (χ0v) is 13.1. The monoisotopic (exact) mass is 386 g/mol. The molecular weight excluding hydrogens is 375 g/mol. The number of carbonyl (C=O) groups is 1. The van der Waals surface area contributed by atoms with Crippen molar-refractivity contribution in [3.8, 4) is 0 Å². The quantitative estimate of drug-likeness (QED) is 0.775. The molecule has 1 amide bonds. The highest BCUT2D eigenvalue weighted by Gasteiger charge is 2.12. The van der Waals surface area contributed by atoms with Crippen molar-refractivity contribution in [3.05, 3.63) is 56.6 Å². The molecule has 2 aromatic rings. The van der Waals surface area contributed by atoms with Crippen LogP contribution in [0.3, 0.4) is 0 Å². The Morgan fingerprint density at radius 1 is 1.16 bits per heavy atom. The van der Waals surface area contributed by atoms with Gasteiger partial charge < -0.3 is 10.6 Å². The van der Waals surface area contributed by atoms with Crippen LogP contribution in [0.4, 0.5) is 11.4 Å². The van der Waals surface area contributed by atoms with Crippen LogP contribution in [-0.4, -0.2) is 13.0 Å². The summed E-state index contributed by atoms with van der Waals surface area (Å²) in [5, 5.41) is 6.40. The van der Waals surface area contributed by atoms with Gasteiger partial charge in [0.25, 0.3) is 5.91 Å². The second kappa shape index (κ2) is 6.25. The topological polar surface area (TPSA) is 41.1 Å². The van der Waals surface area contributed by atoms with Crippen LogP contribution in [0.25, 0.3) is 0 Å². The number of halogens is 2. The molecule has 0 aromatic heterocycles. The van der Waals surface area contributed by atoms with E-state index in [1.54, 1.807) is 25.2 Å². The molecule has 0 aliphatic heterocycles. The molecule has 0 aliphatic rings. The molecule has 0 heterocycles. The lowest BCUT2D eigenvalue weighted by molar-refractivity contribution is 0.102. The first-order valence-corrected chi connectivity index (χ1v) is 7.10. The van der Waals surface area contributed by atoms with E-state index in [1.165, 1.54) is 0 Å². The van der Waals surface area contributed by atoms with Gasteiger partial charge in [0.2, 0.25) is 0 Å². The van der Waals surface area contributed by atoms with Gasteiger partial charge in [0.15, 0.2) is 0 Å². The molecule has 0 unspecified atom stereocenters. The third-order valence-corrected chi connectivity index (χ3v) is 3.79. The largest absolute Gasteiger partial charge is 0.387 e. The number of anilines is 2. The zero-order chi connectivity index (χ0) is 13.8. The normalized spacial score (nSPS) is 10.1. The van der Waals surface area contributed by atoms with Gasteiger partial charge in [0.1, 0.15) is 0 Å². The summed E-state index contributed by atoms with van der Waals surface area (Å²) in [5.41, 5.74) is 2.05. The van der Waals surface area contributed by atoms with E-state index in [4.69, 9.17) is 11.6 Å². The summed E-state index contributed by atoms with van der Waals surface area (Å²) < 4.78 is 0.987. The molecule has 0 saturated heterocycles. The second-order valence-corrected chi connectivity index (χ2v) is 5.47. The summed E-state index contributed by atoms with van der Waals surface area (Å²) in [5.74, 6) is -0.184. The summed E-state index contributed by atoms with van der Waals surface area (Å²) in [4.78, 5) is 12.3. The molecular formula is C14H12ClIN2O. The van der Waals surface area contributed by atoms with E-state index in [9.17, 15) is 4.79 Å². The van der Waals surface area contributed by atoms with Gasteiger partial charge in [-0.2, -0.15) is 0 Å². The number of amides is 1. The summed E-state index contributed by atoms with van der Waals surface area (Å²) in [6.07, 6.45) is 0. The van der Waals surface area contributed by atoms with Crippen LogP contribution in [0.15, 0.2) is 42.5 Å². The molecule has 0 atom stereocenters. The van der Waals surface area contributed by atoms with Crippen LogP contribution in [0.2, 0.25) is 5.02 Å². The van der Waals surface area contributed by atoms with E-state index in [-0.39, 0.29) is 5.91 Å². The van der Waals surface area contributed by atoms with E-state index < -0.39 is 0 Å². The molecule has 98 valence electrons. The molecule has 2 N–H and O–H groups in total. The van der Waals surface area contributed by atoms with Crippen LogP contribution in [0.5, 0.6) is 0 Å². The van der Waals surface area contributed by atoms with Gasteiger partial charge in [0, 0.05) is 21.3 Å². The summed E-state index contributed by atoms with van der Waals surface area (Å²) in [6.45, 7) is 0. The number of nitrogens with one attached hydrogen (secondary N) is 2. The minimum atomic E-state index is -0.184. The third-order valence-electron chi connectivity index (χ3n) is 2.62. The Morgan fingerprint density at radius 2 is 1.89 bits per heavy atom. The molecule has 2 aromatic carbocycles. The predicted octanol–water partition coefficient (Wildman–Crippen LogP) is 4.24. The molecule has 0 aliphatic carbocycles. The molecule has 19 heavy (non-hydrogen) atoms. The average Bonchev–Trinajstić information content (AvgIpc) is 2.41. The smallest absolute Gasteiger partial charge is 0.257 e. The highest BCUT2D eigenvalue weighted by atomic mass is 127. The van der Waals surface area contributed by atoms with Gasteiger partial charge >= 0.3 is 0 Å². The summed E-state index contributed by atoms with van der Waals surface area (Å²) in [6, 6.07) is 12.8. The maximum atomic E-state index is 12.3. The fraction of sp³-hybridized carbons (Fsp3) is 0.0714. The molecule has 0 saturated carbocycles. The predicted molar refractivity (Wildman–Crippen MR) is 88.1 cm³/mol. The van der Waals surface area contributed by atoms with Crippen molar-refractivity contribution in [3.63, 3.8) is 0 Å². The van der Waals surface area contributed by atoms with Gasteiger partial charge in [-0.3, -0.25) is 4.79 Å². The van der Waals surface area contributed by atoms with Gasteiger partial charge in [0.05, 0.1) is 11.3 Å². The number of hydrogen-bond acceptors (Lipinski definition) is 2. The molecule has 0 radical (unpaired) electrons. The van der Waals surface area contributed by atoms with E-state index in [1.807, 2.05) is 24.3 Å². The Bertz CT molecular complexity index is 616. The second-order valence-electron chi connectivity index (χ2n) is 3.87. The van der Waals surface area contributed by atoms with E-state index >= 15 is 0 Å². The summed E-state index contributed by atoms with van der Waals surface area (Å²) >= 11 is 8.12. The number of rotatable bonds is 3. The first-order valence-electron chi connectivity index (χ1n) is 5.65. The highest BCUT2D eigenvalue weighted by Crippen LogP contribution is 2.23. The fourth-order valence-electron chi connectivity index (χ4n) is 1.67. The Labute approximate surface area is 130 Å². The first-order chi connectivity index (χ1) is 9.11. The maximum Gasteiger partial charge on any atom is 0.257 e. The van der Waals surface area contributed by atoms with Crippen molar-refractivity contribution in [2.75, 3.05) is 17.7 Å². The minimum Gasteiger partial charge on any atom is -0.387 e.